The Hall–Kier alpha value is -2.89. The summed E-state index contributed by atoms with van der Waals surface area (Å²) in [6.07, 6.45) is 4.82. The predicted octanol–water partition coefficient (Wildman–Crippen LogP) is 2.98. The molecule has 0 aliphatic carbocycles. The van der Waals surface area contributed by atoms with Crippen LogP contribution in [0.5, 0.6) is 0 Å². The molecule has 1 aromatic carbocycles. The van der Waals surface area contributed by atoms with E-state index >= 15 is 0 Å². The number of nitrogens with zero attached hydrogens (tertiary/aromatic N) is 4. The van der Waals surface area contributed by atoms with Crippen molar-refractivity contribution in [2.24, 2.45) is 0 Å². The molecule has 0 N–H and O–H groups in total. The Morgan fingerprint density at radius 1 is 0.828 bits per heavy atom. The number of benzene rings is 1. The van der Waals surface area contributed by atoms with Gasteiger partial charge in [0.05, 0.1) is 0 Å². The average molecular weight is 393 g/mol. The lowest BCUT2D eigenvalue weighted by Crippen LogP contribution is -2.48. The minimum atomic E-state index is -0.0661. The number of anilines is 1. The second kappa shape index (κ2) is 8.64. The highest BCUT2D eigenvalue weighted by Crippen LogP contribution is 2.19. The third kappa shape index (κ3) is 4.42. The third-order valence-corrected chi connectivity index (χ3v) is 5.80. The van der Waals surface area contributed by atoms with Gasteiger partial charge in [-0.25, -0.2) is 0 Å². The Bertz CT molecular complexity index is 884. The smallest absolute Gasteiger partial charge is 0.272 e. The molecule has 6 nitrogen and oxygen atoms in total. The lowest BCUT2D eigenvalue weighted by Gasteiger charge is -2.36. The second-order valence-electron chi connectivity index (χ2n) is 7.90. The largest absolute Gasteiger partial charge is 0.368 e. The maximum atomic E-state index is 13.0. The van der Waals surface area contributed by atoms with Gasteiger partial charge in [-0.15, -0.1) is 0 Å². The topological polar surface area (TPSA) is 56.8 Å². The number of rotatable bonds is 3. The van der Waals surface area contributed by atoms with Gasteiger partial charge in [0.15, 0.2) is 0 Å². The van der Waals surface area contributed by atoms with Crippen LogP contribution < -0.4 is 4.90 Å². The first-order valence-corrected chi connectivity index (χ1v) is 10.5. The summed E-state index contributed by atoms with van der Waals surface area (Å²) in [4.78, 5) is 36.0. The summed E-state index contributed by atoms with van der Waals surface area (Å²) in [6, 6.07) is 11.8. The first-order chi connectivity index (χ1) is 14.1. The van der Waals surface area contributed by atoms with Crippen molar-refractivity contribution in [3.8, 4) is 0 Å². The molecular formula is C23H28N4O2. The lowest BCUT2D eigenvalue weighted by molar-refractivity contribution is 0.0718. The zero-order chi connectivity index (χ0) is 20.2. The predicted molar refractivity (Wildman–Crippen MR) is 113 cm³/mol. The normalized spacial score (nSPS) is 17.3. The number of carbonyl (C=O) groups excluding carboxylic acids is 2. The molecule has 2 aliphatic rings. The van der Waals surface area contributed by atoms with E-state index in [1.165, 1.54) is 17.7 Å². The van der Waals surface area contributed by atoms with Gasteiger partial charge >= 0.3 is 0 Å². The van der Waals surface area contributed by atoms with Gasteiger partial charge in [-0.05, 0) is 56.0 Å². The van der Waals surface area contributed by atoms with E-state index < -0.39 is 0 Å². The Labute approximate surface area is 172 Å². The van der Waals surface area contributed by atoms with E-state index in [9.17, 15) is 9.59 Å². The van der Waals surface area contributed by atoms with Crippen molar-refractivity contribution in [1.29, 1.82) is 0 Å². The van der Waals surface area contributed by atoms with E-state index in [-0.39, 0.29) is 11.8 Å². The van der Waals surface area contributed by atoms with Crippen LogP contribution in [-0.4, -0.2) is 65.9 Å². The van der Waals surface area contributed by atoms with Crippen LogP contribution in [0, 0.1) is 6.92 Å². The number of piperazine rings is 1. The molecule has 4 rings (SSSR count). The molecule has 1 aromatic heterocycles. The molecule has 0 saturated carbocycles. The molecular weight excluding hydrogens is 364 g/mol. The molecule has 2 fully saturated rings. The van der Waals surface area contributed by atoms with E-state index in [1.54, 1.807) is 18.3 Å². The van der Waals surface area contributed by atoms with Crippen LogP contribution in [0.3, 0.4) is 0 Å². The molecule has 3 heterocycles. The number of aryl methyl sites for hydroxylation is 1. The van der Waals surface area contributed by atoms with Gasteiger partial charge in [0, 0.05) is 56.7 Å². The summed E-state index contributed by atoms with van der Waals surface area (Å²) in [5.74, 6) is -0.0902. The SMILES string of the molecule is Cc1cccc(N2CCN(C(=O)c3ccnc(C(=O)N4CCCCC4)c3)CC2)c1. The minimum absolute atomic E-state index is 0.0241. The number of aromatic nitrogens is 1. The van der Waals surface area contributed by atoms with E-state index in [0.29, 0.717) is 24.3 Å². The number of likely N-dealkylation sites (tertiary alicyclic amines) is 1. The fraction of sp³-hybridized carbons (Fsp3) is 0.435. The van der Waals surface area contributed by atoms with Gasteiger partial charge < -0.3 is 14.7 Å². The fourth-order valence-corrected chi connectivity index (χ4v) is 4.11. The summed E-state index contributed by atoms with van der Waals surface area (Å²) >= 11 is 0. The van der Waals surface area contributed by atoms with Gasteiger partial charge in [0.1, 0.15) is 5.69 Å². The van der Waals surface area contributed by atoms with Crippen molar-refractivity contribution < 1.29 is 9.59 Å². The summed E-state index contributed by atoms with van der Waals surface area (Å²) in [5, 5.41) is 0. The second-order valence-corrected chi connectivity index (χ2v) is 7.90. The van der Waals surface area contributed by atoms with Gasteiger partial charge in [-0.3, -0.25) is 14.6 Å². The highest BCUT2D eigenvalue weighted by molar-refractivity contribution is 5.98. The number of hydrogen-bond donors (Lipinski definition) is 0. The third-order valence-electron chi connectivity index (χ3n) is 5.80. The Balaban J connectivity index is 1.40. The summed E-state index contributed by atoms with van der Waals surface area (Å²) in [7, 11) is 0. The molecule has 0 spiro atoms. The van der Waals surface area contributed by atoms with Crippen LogP contribution in [0.1, 0.15) is 45.7 Å². The minimum Gasteiger partial charge on any atom is -0.368 e. The molecule has 0 bridgehead atoms. The maximum Gasteiger partial charge on any atom is 0.272 e. The van der Waals surface area contributed by atoms with Crippen LogP contribution in [0.15, 0.2) is 42.6 Å². The monoisotopic (exact) mass is 392 g/mol. The number of piperidine rings is 1. The summed E-state index contributed by atoms with van der Waals surface area (Å²) in [5.41, 5.74) is 3.36. The zero-order valence-electron chi connectivity index (χ0n) is 17.0. The molecule has 0 atom stereocenters. The molecule has 0 radical (unpaired) electrons. The van der Waals surface area contributed by atoms with Crippen LogP contribution in [0.25, 0.3) is 0 Å². The highest BCUT2D eigenvalue weighted by atomic mass is 16.2. The number of hydrogen-bond acceptors (Lipinski definition) is 4. The van der Waals surface area contributed by atoms with E-state index in [2.05, 4.69) is 41.1 Å². The number of pyridine rings is 1. The number of amides is 2. The van der Waals surface area contributed by atoms with Crippen molar-refractivity contribution >= 4 is 17.5 Å². The van der Waals surface area contributed by atoms with Crippen molar-refractivity contribution in [2.45, 2.75) is 26.2 Å². The maximum absolute atomic E-state index is 13.0. The summed E-state index contributed by atoms with van der Waals surface area (Å²) in [6.45, 7) is 6.60. The summed E-state index contributed by atoms with van der Waals surface area (Å²) < 4.78 is 0. The van der Waals surface area contributed by atoms with Crippen molar-refractivity contribution in [1.82, 2.24) is 14.8 Å². The molecule has 2 aliphatic heterocycles. The first kappa shape index (κ1) is 19.4. The van der Waals surface area contributed by atoms with Gasteiger partial charge in [0.2, 0.25) is 0 Å². The fourth-order valence-electron chi connectivity index (χ4n) is 4.11. The average Bonchev–Trinajstić information content (AvgIpc) is 2.79. The van der Waals surface area contributed by atoms with Crippen LogP contribution in [-0.2, 0) is 0 Å². The van der Waals surface area contributed by atoms with Crippen LogP contribution in [0.4, 0.5) is 5.69 Å². The Morgan fingerprint density at radius 2 is 1.55 bits per heavy atom. The van der Waals surface area contributed by atoms with E-state index in [1.807, 2.05) is 9.80 Å². The van der Waals surface area contributed by atoms with E-state index in [0.717, 1.165) is 39.0 Å². The molecule has 29 heavy (non-hydrogen) atoms. The lowest BCUT2D eigenvalue weighted by atomic mass is 10.1. The van der Waals surface area contributed by atoms with Gasteiger partial charge in [0.25, 0.3) is 11.8 Å². The molecule has 152 valence electrons. The number of carbonyl (C=O) groups is 2. The Kier molecular flexibility index (Phi) is 5.79. The van der Waals surface area contributed by atoms with Crippen molar-refractivity contribution in [3.63, 3.8) is 0 Å². The van der Waals surface area contributed by atoms with Crippen LogP contribution in [0.2, 0.25) is 0 Å². The molecule has 2 amide bonds. The van der Waals surface area contributed by atoms with Crippen LogP contribution >= 0.6 is 0 Å². The van der Waals surface area contributed by atoms with Gasteiger partial charge in [-0.1, -0.05) is 12.1 Å². The first-order valence-electron chi connectivity index (χ1n) is 10.5. The van der Waals surface area contributed by atoms with Crippen molar-refractivity contribution in [2.75, 3.05) is 44.2 Å². The van der Waals surface area contributed by atoms with E-state index in [4.69, 9.17) is 0 Å². The molecule has 6 heteroatoms. The Morgan fingerprint density at radius 3 is 2.28 bits per heavy atom. The highest BCUT2D eigenvalue weighted by Gasteiger charge is 2.24. The van der Waals surface area contributed by atoms with Crippen molar-refractivity contribution in [3.05, 3.63) is 59.4 Å². The molecule has 2 aromatic rings. The zero-order valence-corrected chi connectivity index (χ0v) is 17.0. The standard InChI is InChI=1S/C23H28N4O2/c1-18-6-5-7-20(16-18)25-12-14-27(15-13-25)22(28)19-8-9-24-21(17-19)23(29)26-10-3-2-4-11-26/h5-9,16-17H,2-4,10-15H2,1H3. The van der Waals surface area contributed by atoms with Gasteiger partial charge in [-0.2, -0.15) is 0 Å². The molecule has 2 saturated heterocycles. The molecule has 0 unspecified atom stereocenters. The quantitative estimate of drug-likeness (QED) is 0.806.